The molecular formula is C15H28N2O. The maximum atomic E-state index is 5.59. The summed E-state index contributed by atoms with van der Waals surface area (Å²) in [7, 11) is 0. The zero-order valence-corrected chi connectivity index (χ0v) is 11.7. The van der Waals surface area contributed by atoms with Gasteiger partial charge >= 0.3 is 0 Å². The topological polar surface area (TPSA) is 33.3 Å². The Labute approximate surface area is 111 Å². The van der Waals surface area contributed by atoms with Crippen molar-refractivity contribution in [3.63, 3.8) is 0 Å². The average Bonchev–Trinajstić information content (AvgIpc) is 2.65. The molecule has 0 aromatic rings. The predicted molar refractivity (Wildman–Crippen MR) is 73.7 cm³/mol. The minimum Gasteiger partial charge on any atom is -0.378 e. The molecule has 2 N–H and O–H groups in total. The fraction of sp³-hybridized carbons (Fsp3) is 1.00. The maximum absolute atomic E-state index is 5.59. The van der Waals surface area contributed by atoms with E-state index in [4.69, 9.17) is 4.74 Å². The second kappa shape index (κ2) is 5.89. The van der Waals surface area contributed by atoms with Crippen LogP contribution in [0.3, 0.4) is 0 Å². The van der Waals surface area contributed by atoms with E-state index in [2.05, 4.69) is 17.6 Å². The molecule has 2 heterocycles. The molecule has 3 rings (SSSR count). The molecule has 3 aliphatic rings. The quantitative estimate of drug-likeness (QED) is 0.759. The van der Waals surface area contributed by atoms with Crippen LogP contribution < -0.4 is 10.6 Å². The Morgan fingerprint density at radius 1 is 1.11 bits per heavy atom. The summed E-state index contributed by atoms with van der Waals surface area (Å²) in [5.41, 5.74) is 0. The van der Waals surface area contributed by atoms with Crippen molar-refractivity contribution >= 4 is 0 Å². The molecule has 0 amide bonds. The van der Waals surface area contributed by atoms with E-state index in [-0.39, 0.29) is 0 Å². The molecule has 0 aromatic heterocycles. The first-order valence-corrected chi connectivity index (χ1v) is 7.94. The maximum Gasteiger partial charge on any atom is 0.0604 e. The Balaban J connectivity index is 1.27. The van der Waals surface area contributed by atoms with Crippen molar-refractivity contribution in [3.05, 3.63) is 0 Å². The first kappa shape index (κ1) is 12.9. The van der Waals surface area contributed by atoms with Gasteiger partial charge in [-0.05, 0) is 64.3 Å². The van der Waals surface area contributed by atoms with E-state index in [1.54, 1.807) is 0 Å². The number of ether oxygens (including phenoxy) is 1. The summed E-state index contributed by atoms with van der Waals surface area (Å²) >= 11 is 0. The molecule has 2 saturated heterocycles. The van der Waals surface area contributed by atoms with Gasteiger partial charge < -0.3 is 15.4 Å². The lowest BCUT2D eigenvalue weighted by Gasteiger charge is -2.36. The number of rotatable bonds is 6. The van der Waals surface area contributed by atoms with Crippen molar-refractivity contribution in [2.75, 3.05) is 13.2 Å². The van der Waals surface area contributed by atoms with Gasteiger partial charge in [0, 0.05) is 24.7 Å². The van der Waals surface area contributed by atoms with E-state index < -0.39 is 0 Å². The molecule has 104 valence electrons. The Hall–Kier alpha value is -0.120. The highest BCUT2D eigenvalue weighted by atomic mass is 16.5. The van der Waals surface area contributed by atoms with Gasteiger partial charge in [-0.3, -0.25) is 0 Å². The van der Waals surface area contributed by atoms with Gasteiger partial charge in [0.1, 0.15) is 0 Å². The van der Waals surface area contributed by atoms with Crippen LogP contribution in [0.2, 0.25) is 0 Å². The van der Waals surface area contributed by atoms with Crippen LogP contribution in [0.25, 0.3) is 0 Å². The molecule has 2 aliphatic heterocycles. The molecule has 2 unspecified atom stereocenters. The largest absolute Gasteiger partial charge is 0.378 e. The van der Waals surface area contributed by atoms with Crippen molar-refractivity contribution < 1.29 is 4.74 Å². The highest BCUT2D eigenvalue weighted by Gasteiger charge is 2.33. The van der Waals surface area contributed by atoms with Crippen LogP contribution in [-0.4, -0.2) is 37.4 Å². The van der Waals surface area contributed by atoms with Crippen molar-refractivity contribution in [2.45, 2.75) is 76.1 Å². The average molecular weight is 252 g/mol. The zero-order chi connectivity index (χ0) is 12.4. The van der Waals surface area contributed by atoms with Crippen LogP contribution in [0, 0.1) is 5.92 Å². The number of nitrogens with one attached hydrogen (secondary N) is 2. The number of fused-ring (bicyclic) bond motifs is 2. The van der Waals surface area contributed by atoms with Crippen molar-refractivity contribution in [1.29, 1.82) is 0 Å². The predicted octanol–water partition coefficient (Wildman–Crippen LogP) is 2.06. The second-order valence-corrected chi connectivity index (χ2v) is 6.46. The van der Waals surface area contributed by atoms with E-state index >= 15 is 0 Å². The molecule has 0 spiro atoms. The van der Waals surface area contributed by atoms with Crippen LogP contribution in [0.1, 0.15) is 51.9 Å². The first-order valence-electron chi connectivity index (χ1n) is 7.94. The van der Waals surface area contributed by atoms with Gasteiger partial charge in [-0.2, -0.15) is 0 Å². The standard InChI is InChI=1S/C15H28N2O/c1-2-18-15-9-14(10-15)16-6-5-11-7-12-3-4-13(8-11)17-12/h11-17H,2-10H2,1H3. The molecule has 2 atom stereocenters. The molecule has 0 radical (unpaired) electrons. The summed E-state index contributed by atoms with van der Waals surface area (Å²) in [6.07, 6.45) is 10.1. The number of hydrogen-bond acceptors (Lipinski definition) is 3. The lowest BCUT2D eigenvalue weighted by atomic mass is 9.87. The molecule has 2 bridgehead atoms. The Kier molecular flexibility index (Phi) is 4.22. The first-order chi connectivity index (χ1) is 8.83. The minimum atomic E-state index is 0.544. The normalized spacial score (nSPS) is 42.8. The lowest BCUT2D eigenvalue weighted by Crippen LogP contribution is -2.46. The second-order valence-electron chi connectivity index (χ2n) is 6.46. The monoisotopic (exact) mass is 252 g/mol. The van der Waals surface area contributed by atoms with Gasteiger partial charge in [-0.15, -0.1) is 0 Å². The molecule has 3 fully saturated rings. The molecule has 1 saturated carbocycles. The van der Waals surface area contributed by atoms with Gasteiger partial charge in [-0.1, -0.05) is 0 Å². The number of piperidine rings is 1. The molecule has 18 heavy (non-hydrogen) atoms. The Morgan fingerprint density at radius 3 is 2.50 bits per heavy atom. The fourth-order valence-electron chi connectivity index (χ4n) is 4.01. The van der Waals surface area contributed by atoms with Gasteiger partial charge in [0.05, 0.1) is 6.10 Å². The molecule has 1 aliphatic carbocycles. The third-order valence-electron chi connectivity index (χ3n) is 5.05. The summed E-state index contributed by atoms with van der Waals surface area (Å²) in [6.45, 7) is 4.18. The van der Waals surface area contributed by atoms with Crippen LogP contribution in [0.4, 0.5) is 0 Å². The van der Waals surface area contributed by atoms with Gasteiger partial charge in [-0.25, -0.2) is 0 Å². The van der Waals surface area contributed by atoms with Gasteiger partial charge in [0.25, 0.3) is 0 Å². The minimum absolute atomic E-state index is 0.544. The molecule has 3 nitrogen and oxygen atoms in total. The molecular weight excluding hydrogens is 224 g/mol. The van der Waals surface area contributed by atoms with Crippen molar-refractivity contribution in [2.24, 2.45) is 5.92 Å². The third kappa shape index (κ3) is 3.06. The third-order valence-corrected chi connectivity index (χ3v) is 5.05. The molecule has 0 aromatic carbocycles. The Morgan fingerprint density at radius 2 is 1.83 bits per heavy atom. The van der Waals surface area contributed by atoms with E-state index in [9.17, 15) is 0 Å². The number of hydrogen-bond donors (Lipinski definition) is 2. The van der Waals surface area contributed by atoms with Crippen LogP contribution in [-0.2, 0) is 4.74 Å². The summed E-state index contributed by atoms with van der Waals surface area (Å²) in [4.78, 5) is 0. The molecule has 3 heteroatoms. The van der Waals surface area contributed by atoms with E-state index in [1.807, 2.05) is 0 Å². The highest BCUT2D eigenvalue weighted by Crippen LogP contribution is 2.32. The zero-order valence-electron chi connectivity index (χ0n) is 11.7. The van der Waals surface area contributed by atoms with Gasteiger partial charge in [0.15, 0.2) is 0 Å². The lowest BCUT2D eigenvalue weighted by molar-refractivity contribution is -0.0100. The van der Waals surface area contributed by atoms with Gasteiger partial charge in [0.2, 0.25) is 0 Å². The summed E-state index contributed by atoms with van der Waals surface area (Å²) in [5, 5.41) is 7.43. The van der Waals surface area contributed by atoms with E-state index in [0.717, 1.165) is 30.7 Å². The highest BCUT2D eigenvalue weighted by molar-refractivity contribution is 4.92. The van der Waals surface area contributed by atoms with E-state index in [0.29, 0.717) is 6.10 Å². The summed E-state index contributed by atoms with van der Waals surface area (Å²) < 4.78 is 5.59. The summed E-state index contributed by atoms with van der Waals surface area (Å²) in [5.74, 6) is 0.971. The smallest absolute Gasteiger partial charge is 0.0604 e. The summed E-state index contributed by atoms with van der Waals surface area (Å²) in [6, 6.07) is 2.43. The van der Waals surface area contributed by atoms with Crippen molar-refractivity contribution in [1.82, 2.24) is 10.6 Å². The van der Waals surface area contributed by atoms with Crippen LogP contribution in [0.15, 0.2) is 0 Å². The van der Waals surface area contributed by atoms with Crippen LogP contribution in [0.5, 0.6) is 0 Å². The van der Waals surface area contributed by atoms with E-state index in [1.165, 1.54) is 51.5 Å². The SMILES string of the molecule is CCOC1CC(NCCC2CC3CCC(C2)N3)C1. The van der Waals surface area contributed by atoms with Crippen LogP contribution >= 0.6 is 0 Å². The fourth-order valence-corrected chi connectivity index (χ4v) is 4.01. The Bertz CT molecular complexity index is 253. The van der Waals surface area contributed by atoms with Crippen molar-refractivity contribution in [3.8, 4) is 0 Å².